The zero-order valence-corrected chi connectivity index (χ0v) is 19.7. The number of carbonyl (C=O) groups is 2. The molecule has 2 rings (SSSR count). The van der Waals surface area contributed by atoms with Crippen molar-refractivity contribution in [1.29, 1.82) is 0 Å². The molecule has 1 atom stereocenters. The molecule has 0 aliphatic rings. The van der Waals surface area contributed by atoms with E-state index in [4.69, 9.17) is 16.3 Å². The smallest absolute Gasteiger partial charge is 0.253 e. The van der Waals surface area contributed by atoms with Crippen LogP contribution in [0.3, 0.4) is 0 Å². The number of rotatable bonds is 9. The van der Waals surface area contributed by atoms with E-state index in [1.807, 2.05) is 26.2 Å². The molecule has 0 saturated heterocycles. The average molecular weight is 500 g/mol. The largest absolute Gasteiger partial charge is 0.489 e. The van der Waals surface area contributed by atoms with Crippen LogP contribution >= 0.6 is 39.3 Å². The van der Waals surface area contributed by atoms with E-state index in [1.54, 1.807) is 48.2 Å². The molecular weight excluding hydrogens is 476 g/mol. The first-order chi connectivity index (χ1) is 13.8. The summed E-state index contributed by atoms with van der Waals surface area (Å²) in [6.45, 7) is 3.83. The van der Waals surface area contributed by atoms with Crippen LogP contribution in [-0.4, -0.2) is 36.0 Å². The number of halogens is 2. The molecule has 0 saturated carbocycles. The Morgan fingerprint density at radius 2 is 1.93 bits per heavy atom. The molecule has 0 bridgehead atoms. The lowest BCUT2D eigenvalue weighted by molar-refractivity contribution is -0.118. The number of ether oxygens (including phenoxy) is 1. The van der Waals surface area contributed by atoms with Crippen LogP contribution in [-0.2, 0) is 4.79 Å². The summed E-state index contributed by atoms with van der Waals surface area (Å²) >= 11 is 11.2. The maximum absolute atomic E-state index is 12.8. The number of hydrogen-bond donors (Lipinski definition) is 2. The van der Waals surface area contributed by atoms with Crippen LogP contribution in [0.25, 0.3) is 0 Å². The van der Waals surface area contributed by atoms with Crippen LogP contribution in [0, 0.1) is 0 Å². The van der Waals surface area contributed by atoms with Gasteiger partial charge >= 0.3 is 0 Å². The second-order valence-electron chi connectivity index (χ2n) is 6.59. The van der Waals surface area contributed by atoms with Gasteiger partial charge in [-0.15, -0.1) is 0 Å². The molecule has 0 aromatic heterocycles. The van der Waals surface area contributed by atoms with Gasteiger partial charge in [-0.2, -0.15) is 11.8 Å². The van der Waals surface area contributed by atoms with Gasteiger partial charge in [0.2, 0.25) is 5.91 Å². The Bertz CT molecular complexity index is 864. The Balaban J connectivity index is 2.11. The molecule has 0 aliphatic heterocycles. The first-order valence-electron chi connectivity index (χ1n) is 9.13. The summed E-state index contributed by atoms with van der Waals surface area (Å²) < 4.78 is 6.28. The highest BCUT2D eigenvalue weighted by molar-refractivity contribution is 9.10. The summed E-state index contributed by atoms with van der Waals surface area (Å²) in [6, 6.07) is 11.5. The van der Waals surface area contributed by atoms with Crippen molar-refractivity contribution in [3.05, 3.63) is 57.5 Å². The van der Waals surface area contributed by atoms with Crippen molar-refractivity contribution in [3.8, 4) is 5.75 Å². The van der Waals surface area contributed by atoms with Crippen LogP contribution in [0.4, 0.5) is 5.69 Å². The molecule has 29 heavy (non-hydrogen) atoms. The summed E-state index contributed by atoms with van der Waals surface area (Å²) in [5.74, 6) is 0.683. The molecule has 2 amide bonds. The predicted octanol–water partition coefficient (Wildman–Crippen LogP) is 5.38. The molecule has 8 heteroatoms. The molecular formula is C21H24BrClN2O3S. The molecule has 0 fully saturated rings. The van der Waals surface area contributed by atoms with E-state index in [0.29, 0.717) is 32.9 Å². The quantitative estimate of drug-likeness (QED) is 0.486. The monoisotopic (exact) mass is 498 g/mol. The van der Waals surface area contributed by atoms with Gasteiger partial charge in [-0.05, 0) is 78.5 Å². The van der Waals surface area contributed by atoms with E-state index >= 15 is 0 Å². The number of benzene rings is 2. The molecule has 0 heterocycles. The zero-order valence-electron chi connectivity index (χ0n) is 16.5. The third-order valence-corrected chi connectivity index (χ3v) is 5.54. The highest BCUT2D eigenvalue weighted by Gasteiger charge is 2.22. The highest BCUT2D eigenvalue weighted by atomic mass is 79.9. The number of anilines is 1. The van der Waals surface area contributed by atoms with Gasteiger partial charge < -0.3 is 15.4 Å². The molecule has 0 radical (unpaired) electrons. The van der Waals surface area contributed by atoms with Crippen molar-refractivity contribution in [2.75, 3.05) is 17.3 Å². The Morgan fingerprint density at radius 3 is 2.55 bits per heavy atom. The van der Waals surface area contributed by atoms with Crippen LogP contribution in [0.2, 0.25) is 5.02 Å². The molecule has 2 aromatic carbocycles. The standard InChI is InChI=1S/C21H24BrClN2O3S/c1-13(2)28-19-9-8-14(12-17(19)23)24-21(27)18(10-11-29-3)25-20(26)15-6-4-5-7-16(15)22/h4-9,12-13,18H,10-11H2,1-3H3,(H,24,27)(H,25,26). The summed E-state index contributed by atoms with van der Waals surface area (Å²) in [5.41, 5.74) is 1.02. The Kier molecular flexibility index (Phi) is 9.33. The van der Waals surface area contributed by atoms with Crippen LogP contribution < -0.4 is 15.4 Å². The summed E-state index contributed by atoms with van der Waals surface area (Å²) in [6.07, 6.45) is 2.46. The van der Waals surface area contributed by atoms with Gasteiger partial charge in [0.1, 0.15) is 11.8 Å². The van der Waals surface area contributed by atoms with E-state index in [9.17, 15) is 9.59 Å². The SMILES string of the molecule is CSCCC(NC(=O)c1ccccc1Br)C(=O)Nc1ccc(OC(C)C)c(Cl)c1. The highest BCUT2D eigenvalue weighted by Crippen LogP contribution is 2.28. The Morgan fingerprint density at radius 1 is 1.21 bits per heavy atom. The maximum atomic E-state index is 12.8. The minimum absolute atomic E-state index is 0.00334. The van der Waals surface area contributed by atoms with E-state index in [2.05, 4.69) is 26.6 Å². The number of thioether (sulfide) groups is 1. The van der Waals surface area contributed by atoms with E-state index in [-0.39, 0.29) is 17.9 Å². The van der Waals surface area contributed by atoms with E-state index in [1.165, 1.54) is 0 Å². The fourth-order valence-corrected chi connectivity index (χ4v) is 3.70. The normalized spacial score (nSPS) is 11.8. The molecule has 0 spiro atoms. The van der Waals surface area contributed by atoms with Crippen molar-refractivity contribution in [2.45, 2.75) is 32.4 Å². The number of carbonyl (C=O) groups excluding carboxylic acids is 2. The minimum Gasteiger partial charge on any atom is -0.489 e. The lowest BCUT2D eigenvalue weighted by Crippen LogP contribution is -2.44. The van der Waals surface area contributed by atoms with Crippen LogP contribution in [0.15, 0.2) is 46.9 Å². The van der Waals surface area contributed by atoms with Gasteiger partial charge in [-0.1, -0.05) is 23.7 Å². The van der Waals surface area contributed by atoms with Gasteiger partial charge in [-0.3, -0.25) is 9.59 Å². The van der Waals surface area contributed by atoms with Gasteiger partial charge in [0.15, 0.2) is 0 Å². The minimum atomic E-state index is -0.674. The lowest BCUT2D eigenvalue weighted by atomic mass is 10.1. The molecule has 2 N–H and O–H groups in total. The number of hydrogen-bond acceptors (Lipinski definition) is 4. The fraction of sp³-hybridized carbons (Fsp3) is 0.333. The van der Waals surface area contributed by atoms with Crippen molar-refractivity contribution in [2.24, 2.45) is 0 Å². The Labute approximate surface area is 189 Å². The second-order valence-corrected chi connectivity index (χ2v) is 8.84. The topological polar surface area (TPSA) is 67.4 Å². The van der Waals surface area contributed by atoms with Gasteiger partial charge in [0.25, 0.3) is 5.91 Å². The van der Waals surface area contributed by atoms with Gasteiger partial charge in [-0.25, -0.2) is 0 Å². The molecule has 2 aromatic rings. The van der Waals surface area contributed by atoms with E-state index in [0.717, 1.165) is 5.75 Å². The molecule has 0 aliphatic carbocycles. The summed E-state index contributed by atoms with van der Waals surface area (Å²) in [7, 11) is 0. The molecule has 5 nitrogen and oxygen atoms in total. The first-order valence-corrected chi connectivity index (χ1v) is 11.7. The molecule has 1 unspecified atom stereocenters. The first kappa shape index (κ1) is 23.6. The van der Waals surface area contributed by atoms with Crippen molar-refractivity contribution in [1.82, 2.24) is 5.32 Å². The summed E-state index contributed by atoms with van der Waals surface area (Å²) in [4.78, 5) is 25.5. The van der Waals surface area contributed by atoms with Crippen LogP contribution in [0.1, 0.15) is 30.6 Å². The fourth-order valence-electron chi connectivity index (χ4n) is 2.54. The van der Waals surface area contributed by atoms with Crippen molar-refractivity contribution >= 4 is 56.8 Å². The van der Waals surface area contributed by atoms with Crippen molar-refractivity contribution in [3.63, 3.8) is 0 Å². The summed E-state index contributed by atoms with van der Waals surface area (Å²) in [5, 5.41) is 6.07. The third kappa shape index (κ3) is 7.24. The Hall–Kier alpha value is -1.70. The van der Waals surface area contributed by atoms with Gasteiger partial charge in [0, 0.05) is 10.2 Å². The van der Waals surface area contributed by atoms with E-state index < -0.39 is 6.04 Å². The van der Waals surface area contributed by atoms with Crippen LogP contribution in [0.5, 0.6) is 5.75 Å². The van der Waals surface area contributed by atoms with Crippen molar-refractivity contribution < 1.29 is 14.3 Å². The second kappa shape index (κ2) is 11.5. The predicted molar refractivity (Wildman–Crippen MR) is 124 cm³/mol. The number of amides is 2. The molecule has 156 valence electrons. The third-order valence-electron chi connectivity index (χ3n) is 3.91. The average Bonchev–Trinajstić information content (AvgIpc) is 2.67. The maximum Gasteiger partial charge on any atom is 0.253 e. The lowest BCUT2D eigenvalue weighted by Gasteiger charge is -2.19. The number of nitrogens with one attached hydrogen (secondary N) is 2. The van der Waals surface area contributed by atoms with Gasteiger partial charge in [0.05, 0.1) is 16.7 Å². The zero-order chi connectivity index (χ0) is 21.4.